The molecule has 31 heavy (non-hydrogen) atoms. The fourth-order valence-electron chi connectivity index (χ4n) is 5.06. The van der Waals surface area contributed by atoms with Crippen LogP contribution in [0.1, 0.15) is 45.6 Å². The summed E-state index contributed by atoms with van der Waals surface area (Å²) in [5.41, 5.74) is -0.946. The summed E-state index contributed by atoms with van der Waals surface area (Å²) in [5.74, 6) is -1.36. The maximum Gasteiger partial charge on any atom is 0.229 e. The standard InChI is InChI=1S/C24H31F2N3O2/c1-5-27-28-21(22-19(25)7-6-8-20(22)26)13-18-17(15(2)3)9-11-24(18,4)23(31)29-12-10-16(30)14-29/h5-8,13,15-18,30H,1,9-12,14H2,2-4H3/b21-13-,28-27-/t16-,17+,18?,24+/m1/s1. The van der Waals surface area contributed by atoms with Crippen molar-refractivity contribution in [3.8, 4) is 0 Å². The molecule has 1 saturated heterocycles. The molecule has 2 fully saturated rings. The lowest BCUT2D eigenvalue weighted by molar-refractivity contribution is -0.142. The largest absolute Gasteiger partial charge is 0.391 e. The van der Waals surface area contributed by atoms with Gasteiger partial charge in [0.1, 0.15) is 11.6 Å². The molecule has 1 aromatic rings. The molecule has 1 aromatic carbocycles. The number of halogens is 2. The van der Waals surface area contributed by atoms with E-state index in [0.717, 1.165) is 6.42 Å². The van der Waals surface area contributed by atoms with E-state index < -0.39 is 23.2 Å². The molecule has 1 amide bonds. The summed E-state index contributed by atoms with van der Waals surface area (Å²) in [6.45, 7) is 10.4. The van der Waals surface area contributed by atoms with Crippen molar-refractivity contribution in [2.24, 2.45) is 33.4 Å². The van der Waals surface area contributed by atoms with Gasteiger partial charge < -0.3 is 10.0 Å². The van der Waals surface area contributed by atoms with E-state index in [2.05, 4.69) is 30.7 Å². The van der Waals surface area contributed by atoms with Crippen molar-refractivity contribution in [3.05, 3.63) is 54.3 Å². The molecule has 3 rings (SSSR count). The van der Waals surface area contributed by atoms with Gasteiger partial charge in [-0.3, -0.25) is 4.79 Å². The first-order valence-corrected chi connectivity index (χ1v) is 10.8. The minimum Gasteiger partial charge on any atom is -0.391 e. The molecule has 5 nitrogen and oxygen atoms in total. The first kappa shape index (κ1) is 23.3. The molecule has 1 unspecified atom stereocenters. The van der Waals surface area contributed by atoms with Gasteiger partial charge in [0.05, 0.1) is 22.8 Å². The minimum absolute atomic E-state index is 0.0255. The van der Waals surface area contributed by atoms with Crippen molar-refractivity contribution in [1.82, 2.24) is 4.90 Å². The fourth-order valence-corrected chi connectivity index (χ4v) is 5.06. The predicted octanol–water partition coefficient (Wildman–Crippen LogP) is 5.18. The molecule has 1 aliphatic heterocycles. The number of amides is 1. The summed E-state index contributed by atoms with van der Waals surface area (Å²) >= 11 is 0. The van der Waals surface area contributed by atoms with E-state index in [1.54, 1.807) is 11.0 Å². The van der Waals surface area contributed by atoms with Gasteiger partial charge in [-0.2, -0.15) is 10.2 Å². The maximum atomic E-state index is 14.6. The van der Waals surface area contributed by atoms with Crippen molar-refractivity contribution in [3.63, 3.8) is 0 Å². The van der Waals surface area contributed by atoms with Gasteiger partial charge in [0, 0.05) is 19.3 Å². The summed E-state index contributed by atoms with van der Waals surface area (Å²) in [6, 6.07) is 3.66. The lowest BCUT2D eigenvalue weighted by Gasteiger charge is -2.35. The van der Waals surface area contributed by atoms with Crippen LogP contribution in [-0.2, 0) is 4.79 Å². The zero-order chi connectivity index (χ0) is 22.8. The van der Waals surface area contributed by atoms with Crippen LogP contribution >= 0.6 is 0 Å². The van der Waals surface area contributed by atoms with E-state index in [9.17, 15) is 18.7 Å². The Hall–Kier alpha value is -2.41. The van der Waals surface area contributed by atoms with Crippen LogP contribution in [0.5, 0.6) is 0 Å². The van der Waals surface area contributed by atoms with E-state index in [4.69, 9.17) is 0 Å². The average Bonchev–Trinajstić information content (AvgIpc) is 3.29. The van der Waals surface area contributed by atoms with Crippen LogP contribution in [0.2, 0.25) is 0 Å². The first-order valence-electron chi connectivity index (χ1n) is 10.8. The highest BCUT2D eigenvalue weighted by atomic mass is 19.1. The zero-order valence-corrected chi connectivity index (χ0v) is 18.4. The van der Waals surface area contributed by atoms with Crippen molar-refractivity contribution < 1.29 is 18.7 Å². The number of azo groups is 1. The number of hydrogen-bond acceptors (Lipinski definition) is 4. The molecule has 4 atom stereocenters. The number of β-amino-alcohol motifs (C(OH)–C–C–N with tert-alkyl or cyclic N) is 1. The van der Waals surface area contributed by atoms with E-state index in [1.165, 1.54) is 24.4 Å². The first-order chi connectivity index (χ1) is 14.7. The number of hydrogen-bond donors (Lipinski definition) is 1. The summed E-state index contributed by atoms with van der Waals surface area (Å²) in [6.07, 6.45) is 4.47. The number of nitrogens with zero attached hydrogens (tertiary/aromatic N) is 3. The molecular formula is C24H31F2N3O2. The monoisotopic (exact) mass is 431 g/mol. The van der Waals surface area contributed by atoms with Crippen LogP contribution in [-0.4, -0.2) is 35.1 Å². The lowest BCUT2D eigenvalue weighted by Crippen LogP contribution is -2.44. The number of carbonyl (C=O) groups is 1. The quantitative estimate of drug-likeness (QED) is 0.631. The van der Waals surface area contributed by atoms with Gasteiger partial charge in [-0.05, 0) is 49.1 Å². The third kappa shape index (κ3) is 4.61. The van der Waals surface area contributed by atoms with Crippen LogP contribution < -0.4 is 0 Å². The van der Waals surface area contributed by atoms with Crippen molar-refractivity contribution in [2.45, 2.75) is 46.1 Å². The molecule has 1 N–H and O–H groups in total. The molecule has 1 heterocycles. The van der Waals surface area contributed by atoms with Crippen LogP contribution in [0.3, 0.4) is 0 Å². The van der Waals surface area contributed by atoms with Gasteiger partial charge in [0.15, 0.2) is 0 Å². The van der Waals surface area contributed by atoms with Crippen LogP contribution in [0.15, 0.2) is 47.3 Å². The Bertz CT molecular complexity index is 879. The smallest absolute Gasteiger partial charge is 0.229 e. The van der Waals surface area contributed by atoms with Crippen LogP contribution in [0, 0.1) is 34.8 Å². The van der Waals surface area contributed by atoms with Gasteiger partial charge >= 0.3 is 0 Å². The fraction of sp³-hybridized carbons (Fsp3) is 0.542. The Balaban J connectivity index is 2.09. The summed E-state index contributed by atoms with van der Waals surface area (Å²) in [5, 5.41) is 17.7. The Labute approximate surface area is 182 Å². The molecule has 168 valence electrons. The average molecular weight is 432 g/mol. The summed E-state index contributed by atoms with van der Waals surface area (Å²) in [7, 11) is 0. The molecular weight excluding hydrogens is 400 g/mol. The zero-order valence-electron chi connectivity index (χ0n) is 18.4. The second kappa shape index (κ2) is 9.39. The highest BCUT2D eigenvalue weighted by Crippen LogP contribution is 2.52. The van der Waals surface area contributed by atoms with Gasteiger partial charge in [-0.25, -0.2) is 8.78 Å². The van der Waals surface area contributed by atoms with Crippen molar-refractivity contribution in [2.75, 3.05) is 13.1 Å². The number of aliphatic hydroxyl groups excluding tert-OH is 1. The van der Waals surface area contributed by atoms with Crippen molar-refractivity contribution in [1.29, 1.82) is 0 Å². The van der Waals surface area contributed by atoms with Gasteiger partial charge in [-0.1, -0.05) is 39.5 Å². The SMILES string of the molecule is C=C/N=N\C(=C/C1[C@H](C(C)C)CC[C@]1(C)C(=O)N1CC[C@@H](O)C1)c1c(F)cccc1F. The Kier molecular flexibility index (Phi) is 7.04. The molecule has 1 saturated carbocycles. The third-order valence-electron chi connectivity index (χ3n) is 6.79. The highest BCUT2D eigenvalue weighted by molar-refractivity contribution is 5.84. The summed E-state index contributed by atoms with van der Waals surface area (Å²) < 4.78 is 29.2. The second-order valence-electron chi connectivity index (χ2n) is 9.13. The normalized spacial score (nSPS) is 29.3. The van der Waals surface area contributed by atoms with Gasteiger partial charge in [0.25, 0.3) is 0 Å². The van der Waals surface area contributed by atoms with E-state index in [-0.39, 0.29) is 34.9 Å². The van der Waals surface area contributed by atoms with E-state index >= 15 is 0 Å². The Morgan fingerprint density at radius 2 is 2.00 bits per heavy atom. The molecule has 0 spiro atoms. The van der Waals surface area contributed by atoms with Gasteiger partial charge in [0.2, 0.25) is 5.91 Å². The molecule has 0 radical (unpaired) electrons. The molecule has 7 heteroatoms. The predicted molar refractivity (Wildman–Crippen MR) is 116 cm³/mol. The second-order valence-corrected chi connectivity index (χ2v) is 9.13. The van der Waals surface area contributed by atoms with E-state index in [1.807, 2.05) is 6.92 Å². The van der Waals surface area contributed by atoms with Crippen LogP contribution in [0.25, 0.3) is 5.70 Å². The van der Waals surface area contributed by atoms with E-state index in [0.29, 0.717) is 25.9 Å². The minimum atomic E-state index is -0.754. The number of carbonyl (C=O) groups excluding carboxylic acids is 1. The number of allylic oxidation sites excluding steroid dienone is 1. The van der Waals surface area contributed by atoms with Gasteiger partial charge in [-0.15, -0.1) is 0 Å². The van der Waals surface area contributed by atoms with Crippen LogP contribution in [0.4, 0.5) is 8.78 Å². The van der Waals surface area contributed by atoms with Crippen molar-refractivity contribution >= 4 is 11.6 Å². The number of benzene rings is 1. The number of rotatable bonds is 6. The third-order valence-corrected chi connectivity index (χ3v) is 6.79. The number of aliphatic hydroxyl groups is 1. The molecule has 0 bridgehead atoms. The number of likely N-dealkylation sites (tertiary alicyclic amines) is 1. The Morgan fingerprint density at radius 1 is 1.32 bits per heavy atom. The molecule has 0 aromatic heterocycles. The highest BCUT2D eigenvalue weighted by Gasteiger charge is 2.52. The topological polar surface area (TPSA) is 65.3 Å². The summed E-state index contributed by atoms with van der Waals surface area (Å²) in [4.78, 5) is 15.2. The molecule has 2 aliphatic rings. The lowest BCUT2D eigenvalue weighted by atomic mass is 9.72. The Morgan fingerprint density at radius 3 is 2.55 bits per heavy atom. The molecule has 1 aliphatic carbocycles. The maximum absolute atomic E-state index is 14.6.